The summed E-state index contributed by atoms with van der Waals surface area (Å²) >= 11 is 0.466. The molecule has 3 rings (SSSR count). The van der Waals surface area contributed by atoms with Crippen LogP contribution >= 0.6 is 35.2 Å². The number of rotatable bonds is 31. The first-order chi connectivity index (χ1) is 31.2. The number of hydrogen-bond acceptors (Lipinski definition) is 18. The number of nitrogen functional groups attached to an aromatic ring is 1. The van der Waals surface area contributed by atoms with E-state index in [2.05, 4.69) is 41.3 Å². The molecular formula is C36H61F3N7O17P3S. The largest absolute Gasteiger partial charge is 0.481 e. The Hall–Kier alpha value is -2.65. The van der Waals surface area contributed by atoms with Crippen molar-refractivity contribution in [2.75, 3.05) is 37.8 Å². The molecule has 1 saturated heterocycles. The van der Waals surface area contributed by atoms with Crippen LogP contribution in [0.15, 0.2) is 12.7 Å². The molecule has 0 aromatic carbocycles. The fourth-order valence-electron chi connectivity index (χ4n) is 6.63. The molecule has 0 saturated carbocycles. The number of phosphoric ester groups is 3. The Bertz CT molecular complexity index is 2070. The van der Waals surface area contributed by atoms with Crippen LogP contribution in [0.4, 0.5) is 19.0 Å². The quantitative estimate of drug-likeness (QED) is 0.0378. The number of phosphoric acid groups is 3. The van der Waals surface area contributed by atoms with E-state index in [1.807, 2.05) is 0 Å². The number of fused-ring (bicyclic) bond motifs is 1. The predicted octanol–water partition coefficient (Wildman–Crippen LogP) is 4.15. The van der Waals surface area contributed by atoms with Crippen LogP contribution in [0.2, 0.25) is 0 Å². The summed E-state index contributed by atoms with van der Waals surface area (Å²) in [6.45, 7) is 1.93. The van der Waals surface area contributed by atoms with Crippen LogP contribution in [0.5, 0.6) is 0 Å². The van der Waals surface area contributed by atoms with Gasteiger partial charge < -0.3 is 50.9 Å². The number of imidazole rings is 1. The number of alkyl halides is 3. The number of unbranched alkanes of at least 4 members (excludes halogenated alkanes) is 9. The fourth-order valence-corrected chi connectivity index (χ4v) is 10.3. The average molecular weight is 1050 g/mol. The monoisotopic (exact) mass is 1050 g/mol. The van der Waals surface area contributed by atoms with Crippen LogP contribution < -0.4 is 16.4 Å². The van der Waals surface area contributed by atoms with E-state index in [1.54, 1.807) is 0 Å². The second-order valence-corrected chi connectivity index (χ2v) is 21.6. The number of nitrogens with zero attached hydrogens (tertiary/aromatic N) is 4. The Kier molecular flexibility index (Phi) is 23.2. The zero-order valence-electron chi connectivity index (χ0n) is 37.1. The molecule has 0 aliphatic carbocycles. The van der Waals surface area contributed by atoms with E-state index >= 15 is 0 Å². The van der Waals surface area contributed by atoms with Crippen LogP contribution in [0.3, 0.4) is 0 Å². The molecule has 8 atom stereocenters. The summed E-state index contributed by atoms with van der Waals surface area (Å²) in [4.78, 5) is 88.4. The molecule has 24 nitrogen and oxygen atoms in total. The number of amides is 2. The first-order valence-electron chi connectivity index (χ1n) is 21.3. The molecule has 3 heterocycles. The lowest BCUT2D eigenvalue weighted by atomic mass is 9.87. The van der Waals surface area contributed by atoms with E-state index in [1.165, 1.54) is 26.7 Å². The number of ether oxygens (including phenoxy) is 1. The topological polar surface area (TPSA) is 364 Å². The zero-order valence-corrected chi connectivity index (χ0v) is 40.6. The van der Waals surface area contributed by atoms with Crippen LogP contribution in [0.1, 0.15) is 104 Å². The van der Waals surface area contributed by atoms with Crippen LogP contribution in [0.25, 0.3) is 11.2 Å². The first kappa shape index (κ1) is 58.7. The molecule has 1 aliphatic rings. The number of carbonyl (C=O) groups is 3. The van der Waals surface area contributed by atoms with Crippen LogP contribution in [-0.4, -0.2) is 129 Å². The first-order valence-corrected chi connectivity index (χ1v) is 26.8. The Balaban J connectivity index is 1.40. The van der Waals surface area contributed by atoms with E-state index in [4.69, 9.17) is 19.5 Å². The molecule has 2 aromatic heterocycles. The summed E-state index contributed by atoms with van der Waals surface area (Å²) < 4.78 is 103. The molecule has 384 valence electrons. The third-order valence-electron chi connectivity index (χ3n) is 10.3. The van der Waals surface area contributed by atoms with Crippen molar-refractivity contribution in [3.8, 4) is 0 Å². The number of nitrogens with two attached hydrogens (primary N) is 1. The number of aromatic nitrogens is 4. The van der Waals surface area contributed by atoms with Gasteiger partial charge in [0.1, 0.15) is 42.2 Å². The SMILES string of the molecule is CCCCCCCCCCCCC(C(=O)SCCNC(=O)CCNC(=O)[C@H](O)C(C)(C)COP(=O)(O)OP(=O)(O)OC[C@H]1O[C@@H](n2cnc3c(N)ncnc32)[C@H](O)[C@@H]1OP(=O)(O)O)C(F)(F)F. The highest BCUT2D eigenvalue weighted by atomic mass is 32.2. The number of nitrogens with one attached hydrogen (secondary N) is 2. The molecule has 2 aromatic rings. The van der Waals surface area contributed by atoms with E-state index in [0.717, 1.165) is 55.7 Å². The second-order valence-electron chi connectivity index (χ2n) is 16.3. The predicted molar refractivity (Wildman–Crippen MR) is 233 cm³/mol. The maximum absolute atomic E-state index is 13.6. The lowest BCUT2D eigenvalue weighted by Crippen LogP contribution is -2.46. The minimum Gasteiger partial charge on any atom is -0.386 e. The Morgan fingerprint density at radius 2 is 1.54 bits per heavy atom. The third-order valence-corrected chi connectivity index (χ3v) is 14.3. The molecule has 0 bridgehead atoms. The Labute approximate surface area is 388 Å². The summed E-state index contributed by atoms with van der Waals surface area (Å²) in [7, 11) is -16.5. The van der Waals surface area contributed by atoms with Gasteiger partial charge in [-0.3, -0.25) is 32.5 Å². The smallest absolute Gasteiger partial charge is 0.386 e. The fraction of sp³-hybridized carbons (Fsp3) is 0.778. The molecule has 0 spiro atoms. The van der Waals surface area contributed by atoms with E-state index in [0.29, 0.717) is 18.2 Å². The highest BCUT2D eigenvalue weighted by molar-refractivity contribution is 8.13. The van der Waals surface area contributed by atoms with Gasteiger partial charge in [0, 0.05) is 30.7 Å². The van der Waals surface area contributed by atoms with Gasteiger partial charge in [-0.1, -0.05) is 96.7 Å². The van der Waals surface area contributed by atoms with E-state index in [9.17, 15) is 71.0 Å². The van der Waals surface area contributed by atoms with Crippen molar-refractivity contribution >= 4 is 69.1 Å². The second kappa shape index (κ2) is 26.5. The minimum atomic E-state index is -5.63. The van der Waals surface area contributed by atoms with Crippen molar-refractivity contribution < 1.29 is 93.7 Å². The van der Waals surface area contributed by atoms with Crippen molar-refractivity contribution in [3.63, 3.8) is 0 Å². The van der Waals surface area contributed by atoms with Crippen molar-refractivity contribution in [1.29, 1.82) is 0 Å². The standard InChI is InChI=1S/C36H61F3N7O17P3S/c1-4-5-6-7-8-9-10-11-12-13-14-23(36(37,38)39)34(51)67-18-17-41-25(47)15-16-42-32(50)29(49)35(2,3)20-60-66(57,58)63-65(55,56)59-19-24-28(62-64(52,53)54)27(48)33(61-24)46-22-45-26-30(40)43-21-44-31(26)46/h21-24,27-29,33,48-49H,4-20H2,1-3H3,(H,41,47)(H,42,50)(H,55,56)(H,57,58)(H2,40,43,44)(H2,52,53,54)/t23?,24-,27-,28-,29+,33-/m1/s1. The molecule has 1 fully saturated rings. The number of halogens is 3. The van der Waals surface area contributed by atoms with Gasteiger partial charge in [0.25, 0.3) is 0 Å². The van der Waals surface area contributed by atoms with Gasteiger partial charge in [-0.25, -0.2) is 28.6 Å². The highest BCUT2D eigenvalue weighted by Crippen LogP contribution is 2.61. The summed E-state index contributed by atoms with van der Waals surface area (Å²) in [5.74, 6) is -4.01. The normalized spacial score (nSPS) is 20.8. The van der Waals surface area contributed by atoms with Crippen molar-refractivity contribution in [1.82, 2.24) is 30.2 Å². The number of hydrogen-bond donors (Lipinski definition) is 9. The van der Waals surface area contributed by atoms with Crippen molar-refractivity contribution in [3.05, 3.63) is 12.7 Å². The lowest BCUT2D eigenvalue weighted by Gasteiger charge is -2.30. The van der Waals surface area contributed by atoms with Crippen LogP contribution in [-0.2, 0) is 50.7 Å². The average Bonchev–Trinajstić information content (AvgIpc) is 3.79. The van der Waals surface area contributed by atoms with Gasteiger partial charge in [0.2, 0.25) is 16.9 Å². The number of aliphatic hydroxyl groups excluding tert-OH is 2. The summed E-state index contributed by atoms with van der Waals surface area (Å²) in [5.41, 5.74) is 4.14. The third kappa shape index (κ3) is 19.9. The van der Waals surface area contributed by atoms with Crippen molar-refractivity contribution in [2.24, 2.45) is 11.3 Å². The van der Waals surface area contributed by atoms with Gasteiger partial charge in [-0.15, -0.1) is 0 Å². The summed E-state index contributed by atoms with van der Waals surface area (Å²) in [5, 5.41) is 25.2. The molecule has 2 amide bonds. The Morgan fingerprint density at radius 3 is 2.15 bits per heavy atom. The molecular weight excluding hydrogens is 984 g/mol. The summed E-state index contributed by atoms with van der Waals surface area (Å²) in [6, 6.07) is 0. The van der Waals surface area contributed by atoms with Gasteiger partial charge in [0.05, 0.1) is 19.5 Å². The number of aliphatic hydroxyl groups is 2. The maximum Gasteiger partial charge on any atom is 0.481 e. The van der Waals surface area contributed by atoms with Gasteiger partial charge in [-0.2, -0.15) is 17.5 Å². The lowest BCUT2D eigenvalue weighted by molar-refractivity contribution is -0.177. The summed E-state index contributed by atoms with van der Waals surface area (Å²) in [6.07, 6.45) is -2.91. The van der Waals surface area contributed by atoms with E-state index in [-0.39, 0.29) is 55.1 Å². The zero-order chi connectivity index (χ0) is 50.2. The number of thioether (sulfide) groups is 1. The number of anilines is 1. The molecule has 31 heteroatoms. The van der Waals surface area contributed by atoms with Gasteiger partial charge >= 0.3 is 29.6 Å². The van der Waals surface area contributed by atoms with Gasteiger partial charge in [0.15, 0.2) is 17.7 Å². The molecule has 1 aliphatic heterocycles. The van der Waals surface area contributed by atoms with Crippen molar-refractivity contribution in [2.45, 2.75) is 135 Å². The molecule has 10 N–H and O–H groups in total. The molecule has 67 heavy (non-hydrogen) atoms. The maximum atomic E-state index is 13.6. The molecule has 0 radical (unpaired) electrons. The minimum absolute atomic E-state index is 0.00833. The Morgan fingerprint density at radius 1 is 0.925 bits per heavy atom. The van der Waals surface area contributed by atoms with Gasteiger partial charge in [-0.05, 0) is 6.42 Å². The highest BCUT2D eigenvalue weighted by Gasteiger charge is 2.50. The number of carbonyl (C=O) groups excluding carboxylic acids is 3. The van der Waals surface area contributed by atoms with E-state index < -0.39 is 102 Å². The molecule has 3 unspecified atom stereocenters. The van der Waals surface area contributed by atoms with Crippen LogP contribution in [0, 0.1) is 11.3 Å².